The Bertz CT molecular complexity index is 610. The van der Waals surface area contributed by atoms with E-state index in [4.69, 9.17) is 4.74 Å². The highest BCUT2D eigenvalue weighted by Crippen LogP contribution is 2.25. The minimum absolute atomic E-state index is 0.208. The second-order valence-electron chi connectivity index (χ2n) is 5.43. The molecule has 2 aromatic rings. The van der Waals surface area contributed by atoms with Crippen molar-refractivity contribution in [1.82, 2.24) is 25.5 Å². The van der Waals surface area contributed by atoms with Gasteiger partial charge in [0.05, 0.1) is 20.3 Å². The summed E-state index contributed by atoms with van der Waals surface area (Å²) in [6.07, 6.45) is 1.84. The van der Waals surface area contributed by atoms with Crippen molar-refractivity contribution in [2.45, 2.75) is 39.0 Å². The molecule has 0 saturated carbocycles. The number of ether oxygens (including phenoxy) is 1. The summed E-state index contributed by atoms with van der Waals surface area (Å²) >= 11 is 0. The molecule has 0 spiro atoms. The summed E-state index contributed by atoms with van der Waals surface area (Å²) in [5, 5.41) is 15.9. The van der Waals surface area contributed by atoms with Gasteiger partial charge < -0.3 is 10.1 Å². The van der Waals surface area contributed by atoms with E-state index in [0.29, 0.717) is 6.61 Å². The van der Waals surface area contributed by atoms with E-state index in [-0.39, 0.29) is 6.04 Å². The monoisotopic (exact) mass is 287 g/mol. The van der Waals surface area contributed by atoms with Crippen LogP contribution in [0, 0.1) is 0 Å². The largest absolute Gasteiger partial charge is 0.372 e. The number of nitrogens with zero attached hydrogens (tertiary/aromatic N) is 4. The summed E-state index contributed by atoms with van der Waals surface area (Å²) in [5.41, 5.74) is 3.86. The van der Waals surface area contributed by atoms with Crippen molar-refractivity contribution in [2.75, 3.05) is 6.54 Å². The fraction of sp³-hybridized carbons (Fsp3) is 0.533. The van der Waals surface area contributed by atoms with Gasteiger partial charge in [-0.3, -0.25) is 0 Å². The van der Waals surface area contributed by atoms with E-state index in [0.717, 1.165) is 31.8 Å². The highest BCUT2D eigenvalue weighted by atomic mass is 16.5. The molecule has 0 bridgehead atoms. The third-order valence-corrected chi connectivity index (χ3v) is 3.73. The minimum Gasteiger partial charge on any atom is -0.372 e. The number of tetrazole rings is 1. The van der Waals surface area contributed by atoms with E-state index in [1.807, 2.05) is 0 Å². The van der Waals surface area contributed by atoms with Gasteiger partial charge in [0, 0.05) is 12.5 Å². The van der Waals surface area contributed by atoms with Gasteiger partial charge >= 0.3 is 0 Å². The Morgan fingerprint density at radius 2 is 2.19 bits per heavy atom. The summed E-state index contributed by atoms with van der Waals surface area (Å²) in [6, 6.07) is 6.80. The number of hydrogen-bond donors (Lipinski definition) is 1. The maximum absolute atomic E-state index is 5.49. The lowest BCUT2D eigenvalue weighted by atomic mass is 9.98. The van der Waals surface area contributed by atoms with Crippen LogP contribution in [0.2, 0.25) is 0 Å². The SMILES string of the molecule is CCCNC(Cc1nnn(C)n1)c1ccc2c(c1)COC2. The van der Waals surface area contributed by atoms with E-state index in [9.17, 15) is 0 Å². The van der Waals surface area contributed by atoms with E-state index in [1.54, 1.807) is 7.05 Å². The zero-order chi connectivity index (χ0) is 14.7. The van der Waals surface area contributed by atoms with Gasteiger partial charge in [0.15, 0.2) is 5.82 Å². The molecule has 1 aliphatic heterocycles. The number of hydrogen-bond acceptors (Lipinski definition) is 5. The molecule has 0 saturated heterocycles. The molecular weight excluding hydrogens is 266 g/mol. The maximum atomic E-state index is 5.49. The smallest absolute Gasteiger partial charge is 0.176 e. The number of nitrogens with one attached hydrogen (secondary N) is 1. The summed E-state index contributed by atoms with van der Waals surface area (Å²) in [6.45, 7) is 4.58. The first-order valence-corrected chi connectivity index (χ1v) is 7.42. The van der Waals surface area contributed by atoms with Crippen molar-refractivity contribution in [3.63, 3.8) is 0 Å². The Morgan fingerprint density at radius 3 is 2.95 bits per heavy atom. The molecule has 1 atom stereocenters. The minimum atomic E-state index is 0.208. The number of aryl methyl sites for hydroxylation is 1. The van der Waals surface area contributed by atoms with E-state index >= 15 is 0 Å². The average molecular weight is 287 g/mol. The second kappa shape index (κ2) is 6.32. The zero-order valence-corrected chi connectivity index (χ0v) is 12.5. The first kappa shape index (κ1) is 14.2. The van der Waals surface area contributed by atoms with Crippen LogP contribution in [0.5, 0.6) is 0 Å². The predicted octanol–water partition coefficient (Wildman–Crippen LogP) is 1.52. The molecule has 0 fully saturated rings. The van der Waals surface area contributed by atoms with Crippen LogP contribution in [0.15, 0.2) is 18.2 Å². The van der Waals surface area contributed by atoms with Crippen LogP contribution < -0.4 is 5.32 Å². The van der Waals surface area contributed by atoms with Gasteiger partial charge in [0.2, 0.25) is 0 Å². The Hall–Kier alpha value is -1.79. The highest BCUT2D eigenvalue weighted by Gasteiger charge is 2.18. The van der Waals surface area contributed by atoms with Crippen molar-refractivity contribution < 1.29 is 4.74 Å². The standard InChI is InChI=1S/C15H21N5O/c1-3-6-16-14(8-15-17-19-20(2)18-15)11-4-5-12-9-21-10-13(12)7-11/h4-5,7,14,16H,3,6,8-10H2,1-2H3. The van der Waals surface area contributed by atoms with Gasteiger partial charge in [-0.2, -0.15) is 4.80 Å². The molecule has 3 rings (SSSR count). The topological polar surface area (TPSA) is 64.9 Å². The van der Waals surface area contributed by atoms with Crippen molar-refractivity contribution in [2.24, 2.45) is 7.05 Å². The number of aromatic nitrogens is 4. The molecule has 6 heteroatoms. The predicted molar refractivity (Wildman–Crippen MR) is 78.5 cm³/mol. The van der Waals surface area contributed by atoms with Crippen molar-refractivity contribution in [3.8, 4) is 0 Å². The lowest BCUT2D eigenvalue weighted by Gasteiger charge is -2.18. The quantitative estimate of drug-likeness (QED) is 0.872. The molecule has 0 amide bonds. The highest BCUT2D eigenvalue weighted by molar-refractivity contribution is 5.35. The molecule has 0 aliphatic carbocycles. The summed E-state index contributed by atoms with van der Waals surface area (Å²) in [5.74, 6) is 0.767. The van der Waals surface area contributed by atoms with Crippen LogP contribution in [0.3, 0.4) is 0 Å². The fourth-order valence-electron chi connectivity index (χ4n) is 2.62. The third-order valence-electron chi connectivity index (χ3n) is 3.73. The number of rotatable bonds is 6. The van der Waals surface area contributed by atoms with Crippen LogP contribution in [-0.4, -0.2) is 26.8 Å². The van der Waals surface area contributed by atoms with Crippen LogP contribution in [-0.2, 0) is 31.4 Å². The number of benzene rings is 1. The van der Waals surface area contributed by atoms with E-state index < -0.39 is 0 Å². The Balaban J connectivity index is 1.80. The maximum Gasteiger partial charge on any atom is 0.176 e. The van der Waals surface area contributed by atoms with Crippen LogP contribution >= 0.6 is 0 Å². The molecule has 2 heterocycles. The molecule has 112 valence electrons. The first-order chi connectivity index (χ1) is 10.3. The molecule has 6 nitrogen and oxygen atoms in total. The average Bonchev–Trinajstić information content (AvgIpc) is 3.11. The van der Waals surface area contributed by atoms with Gasteiger partial charge in [-0.15, -0.1) is 10.2 Å². The fourth-order valence-corrected chi connectivity index (χ4v) is 2.62. The van der Waals surface area contributed by atoms with E-state index in [2.05, 4.69) is 45.9 Å². The van der Waals surface area contributed by atoms with Gasteiger partial charge in [-0.05, 0) is 34.9 Å². The Kier molecular flexibility index (Phi) is 4.26. The molecule has 1 aliphatic rings. The van der Waals surface area contributed by atoms with Crippen LogP contribution in [0.25, 0.3) is 0 Å². The summed E-state index contributed by atoms with van der Waals surface area (Å²) in [7, 11) is 1.79. The van der Waals surface area contributed by atoms with Crippen molar-refractivity contribution in [1.29, 1.82) is 0 Å². The van der Waals surface area contributed by atoms with Crippen LogP contribution in [0.4, 0.5) is 0 Å². The van der Waals surface area contributed by atoms with Crippen LogP contribution in [0.1, 0.15) is 41.9 Å². The molecule has 1 aromatic carbocycles. The third kappa shape index (κ3) is 3.28. The van der Waals surface area contributed by atoms with Gasteiger partial charge in [-0.25, -0.2) is 0 Å². The van der Waals surface area contributed by atoms with Gasteiger partial charge in [-0.1, -0.05) is 25.1 Å². The zero-order valence-electron chi connectivity index (χ0n) is 12.5. The number of fused-ring (bicyclic) bond motifs is 1. The Labute approximate surface area is 124 Å². The second-order valence-corrected chi connectivity index (χ2v) is 5.43. The molecule has 21 heavy (non-hydrogen) atoms. The van der Waals surface area contributed by atoms with Crippen molar-refractivity contribution in [3.05, 3.63) is 40.7 Å². The summed E-state index contributed by atoms with van der Waals surface area (Å²) in [4.78, 5) is 1.50. The van der Waals surface area contributed by atoms with Crippen molar-refractivity contribution >= 4 is 0 Å². The molecule has 0 radical (unpaired) electrons. The lowest BCUT2D eigenvalue weighted by Crippen LogP contribution is -2.24. The molecular formula is C15H21N5O. The first-order valence-electron chi connectivity index (χ1n) is 7.42. The molecule has 1 N–H and O–H groups in total. The Morgan fingerprint density at radius 1 is 1.33 bits per heavy atom. The van der Waals surface area contributed by atoms with Gasteiger partial charge in [0.25, 0.3) is 0 Å². The lowest BCUT2D eigenvalue weighted by molar-refractivity contribution is 0.134. The summed E-state index contributed by atoms with van der Waals surface area (Å²) < 4.78 is 5.49. The van der Waals surface area contributed by atoms with Gasteiger partial charge in [0.1, 0.15) is 0 Å². The van der Waals surface area contributed by atoms with E-state index in [1.165, 1.54) is 21.5 Å². The normalized spacial score (nSPS) is 15.1. The molecule has 1 aromatic heterocycles. The molecule has 1 unspecified atom stereocenters.